The normalized spacial score (nSPS) is 16.7. The van der Waals surface area contributed by atoms with Crippen molar-refractivity contribution in [1.29, 1.82) is 0 Å². The third-order valence-corrected chi connectivity index (χ3v) is 11.9. The highest BCUT2D eigenvalue weighted by atomic mass is 14.2. The Bertz CT molecular complexity index is 5220. The van der Waals surface area contributed by atoms with Crippen molar-refractivity contribution in [2.75, 3.05) is 0 Å². The lowest BCUT2D eigenvalue weighted by molar-refractivity contribution is 1.58. The molecular formula is C66H42. The molecule has 13 aromatic carbocycles. The second-order valence-electron chi connectivity index (χ2n) is 15.6. The minimum atomic E-state index is -0.928. The first-order chi connectivity index (χ1) is 42.8. The van der Waals surface area contributed by atoms with Crippen LogP contribution in [0.2, 0.25) is 0 Å². The Morgan fingerprint density at radius 1 is 0.212 bits per heavy atom. The van der Waals surface area contributed by atoms with E-state index in [0.29, 0.717) is 22.3 Å². The summed E-state index contributed by atoms with van der Waals surface area (Å²) in [5.74, 6) is 0. The van der Waals surface area contributed by atoms with Crippen molar-refractivity contribution in [3.63, 3.8) is 0 Å². The maximum atomic E-state index is 10.5. The highest BCUT2D eigenvalue weighted by Gasteiger charge is 2.20. The largest absolute Gasteiger partial charge is 0.0636 e. The lowest BCUT2D eigenvalue weighted by Crippen LogP contribution is -1.92. The molecule has 0 spiro atoms. The van der Waals surface area contributed by atoms with E-state index < -0.39 is 210 Å². The summed E-state index contributed by atoms with van der Waals surface area (Å²) in [4.78, 5) is 0. The van der Waals surface area contributed by atoms with Crippen LogP contribution in [-0.4, -0.2) is 0 Å². The molecule has 0 fully saturated rings. The SMILES string of the molecule is [2H]c1c([2H])c([2H])c2c(-c3c([2H])c([2H])c4c([2H])c([2H])c5c([2H])c([2H])c(-c6c7c([2H])c([2H])c([2H])c([2H])c7c(-c7cc(-c8ccccc8)cc(-c8ccccc8)c7)c7c([2H])c([2H])c([2H])c([2H])c67)c([2H])c5c4c3[2H])c3c([2H])c([2H])c([2H])c([2H])c3c(-c3ccccc3)c2c1[2H]. The van der Waals surface area contributed by atoms with Crippen LogP contribution in [0.3, 0.4) is 0 Å². The molecule has 0 aliphatic heterocycles. The van der Waals surface area contributed by atoms with Gasteiger partial charge in [0.1, 0.15) is 0 Å². The maximum Gasteiger partial charge on any atom is 0.0636 e. The molecule has 0 aliphatic carbocycles. The van der Waals surface area contributed by atoms with Gasteiger partial charge in [-0.3, -0.25) is 0 Å². The molecule has 0 aliphatic rings. The topological polar surface area (TPSA) is 0 Å². The maximum absolute atomic E-state index is 10.5. The van der Waals surface area contributed by atoms with Crippen molar-refractivity contribution < 1.29 is 32.9 Å². The Kier molecular flexibility index (Phi) is 4.95. The van der Waals surface area contributed by atoms with E-state index in [1.165, 1.54) is 0 Å². The summed E-state index contributed by atoms with van der Waals surface area (Å²) < 4.78 is 229. The quantitative estimate of drug-likeness (QED) is 0.115. The molecule has 0 nitrogen and oxygen atoms in total. The van der Waals surface area contributed by atoms with Gasteiger partial charge in [-0.1, -0.05) is 224 Å². The van der Waals surface area contributed by atoms with Gasteiger partial charge in [-0.25, -0.2) is 0 Å². The molecule has 0 radical (unpaired) electrons. The van der Waals surface area contributed by atoms with Crippen LogP contribution in [0.4, 0.5) is 0 Å². The molecule has 13 rings (SSSR count). The van der Waals surface area contributed by atoms with E-state index in [1.807, 2.05) is 66.7 Å². The van der Waals surface area contributed by atoms with E-state index >= 15 is 0 Å². The van der Waals surface area contributed by atoms with Crippen LogP contribution in [0.1, 0.15) is 32.9 Å². The van der Waals surface area contributed by atoms with Gasteiger partial charge in [0, 0.05) is 0 Å². The summed E-state index contributed by atoms with van der Waals surface area (Å²) in [5.41, 5.74) is 0.447. The molecule has 0 unspecified atom stereocenters. The fourth-order valence-corrected chi connectivity index (χ4v) is 9.05. The van der Waals surface area contributed by atoms with Gasteiger partial charge in [-0.15, -0.1) is 0 Å². The lowest BCUT2D eigenvalue weighted by Gasteiger charge is -2.20. The third kappa shape index (κ3) is 6.22. The first kappa shape index (κ1) is 20.9. The van der Waals surface area contributed by atoms with Gasteiger partial charge in [0.2, 0.25) is 0 Å². The highest BCUT2D eigenvalue weighted by molar-refractivity contribution is 6.24. The first-order valence-electron chi connectivity index (χ1n) is 33.0. The number of hydrogen-bond donors (Lipinski definition) is 0. The fraction of sp³-hybridized carbons (Fsp3) is 0. The number of hydrogen-bond acceptors (Lipinski definition) is 0. The molecular weight excluding hydrogens is 793 g/mol. The summed E-state index contributed by atoms with van der Waals surface area (Å²) in [7, 11) is 0. The number of fused-ring (bicyclic) bond motifs is 7. The summed E-state index contributed by atoms with van der Waals surface area (Å²) in [5, 5.41) is -5.59. The zero-order valence-corrected chi connectivity index (χ0v) is 34.4. The van der Waals surface area contributed by atoms with Crippen LogP contribution >= 0.6 is 0 Å². The van der Waals surface area contributed by atoms with Gasteiger partial charge < -0.3 is 0 Å². The van der Waals surface area contributed by atoms with Gasteiger partial charge in [0.15, 0.2) is 0 Å². The average molecular weight is 859 g/mol. The van der Waals surface area contributed by atoms with Crippen LogP contribution in [0.5, 0.6) is 0 Å². The molecule has 306 valence electrons. The Hall–Kier alpha value is -8.58. The highest BCUT2D eigenvalue weighted by Crippen LogP contribution is 2.48. The second-order valence-corrected chi connectivity index (χ2v) is 15.6. The summed E-state index contributed by atoms with van der Waals surface area (Å²) in [6.45, 7) is 0. The van der Waals surface area contributed by atoms with Crippen LogP contribution in [0, 0.1) is 0 Å². The predicted molar refractivity (Wildman–Crippen MR) is 284 cm³/mol. The van der Waals surface area contributed by atoms with Crippen LogP contribution < -0.4 is 0 Å². The molecule has 66 heavy (non-hydrogen) atoms. The van der Waals surface area contributed by atoms with Crippen molar-refractivity contribution in [3.05, 3.63) is 254 Å². The Labute approximate surface area is 418 Å². The number of benzene rings is 13. The van der Waals surface area contributed by atoms with Gasteiger partial charge in [0.05, 0.1) is 32.9 Å². The molecule has 0 N–H and O–H groups in total. The van der Waals surface area contributed by atoms with Gasteiger partial charge in [0.25, 0.3) is 0 Å². The van der Waals surface area contributed by atoms with Crippen LogP contribution in [-0.2, 0) is 0 Å². The fourth-order valence-electron chi connectivity index (χ4n) is 9.05. The van der Waals surface area contributed by atoms with Gasteiger partial charge in [-0.2, -0.15) is 0 Å². The summed E-state index contributed by atoms with van der Waals surface area (Å²) in [6.07, 6.45) is 0. The first-order valence-corrected chi connectivity index (χ1v) is 21.0. The van der Waals surface area contributed by atoms with Gasteiger partial charge in [-0.05, 0) is 162 Å². The zero-order chi connectivity index (χ0) is 64.4. The molecule has 0 saturated heterocycles. The van der Waals surface area contributed by atoms with Crippen LogP contribution in [0.25, 0.3) is 131 Å². The average Bonchev–Trinajstić information content (AvgIpc) is 0.695. The van der Waals surface area contributed by atoms with Crippen molar-refractivity contribution in [2.24, 2.45) is 0 Å². The smallest absolute Gasteiger partial charge is 0.0622 e. The summed E-state index contributed by atoms with van der Waals surface area (Å²) >= 11 is 0. The molecule has 0 amide bonds. The van der Waals surface area contributed by atoms with E-state index in [1.54, 1.807) is 42.5 Å². The standard InChI is InChI=1S/C66H42/c1-4-18-43(19-5-1)50-38-51(44-20-6-2-7-21-44)40-52(39-50)66-59-30-16-14-28-57(59)65(58-29-15-17-31-60(58)66)49-37-35-46-33-32-45-34-36-48(41-61(45)62(46)42-49)64-55-26-12-10-24-53(55)63(47-22-8-3-9-23-47)54-25-11-13-27-56(54)64/h1-42H/i10D,11D,12D,13D,14D,15D,16D,17D,24D,25D,26D,27D,28D,29D,30D,31D,32D,33D,34D,35D,36D,37D,41D,42D. The van der Waals surface area contributed by atoms with Crippen molar-refractivity contribution >= 4 is 64.6 Å². The second kappa shape index (κ2) is 15.6. The molecule has 0 bridgehead atoms. The molecule has 0 heteroatoms. The third-order valence-electron chi connectivity index (χ3n) is 11.9. The van der Waals surface area contributed by atoms with E-state index in [4.69, 9.17) is 5.48 Å². The minimum absolute atomic E-state index is 0.0621. The Morgan fingerprint density at radius 3 is 0.833 bits per heavy atom. The van der Waals surface area contributed by atoms with Gasteiger partial charge >= 0.3 is 0 Å². The predicted octanol–water partition coefficient (Wildman–Crippen LogP) is 18.6. The monoisotopic (exact) mass is 858 g/mol. The van der Waals surface area contributed by atoms with Crippen LogP contribution in [0.15, 0.2) is 254 Å². The molecule has 13 aromatic rings. The number of rotatable bonds is 6. The zero-order valence-electron chi connectivity index (χ0n) is 58.4. The molecule has 0 saturated carbocycles. The van der Waals surface area contributed by atoms with E-state index in [0.717, 1.165) is 0 Å². The lowest BCUT2D eigenvalue weighted by atomic mass is 9.83. The van der Waals surface area contributed by atoms with E-state index in [9.17, 15) is 27.4 Å². The van der Waals surface area contributed by atoms with Crippen molar-refractivity contribution in [2.45, 2.75) is 0 Å². The van der Waals surface area contributed by atoms with Crippen molar-refractivity contribution in [1.82, 2.24) is 0 Å². The Morgan fingerprint density at radius 2 is 0.485 bits per heavy atom. The van der Waals surface area contributed by atoms with E-state index in [-0.39, 0.29) is 43.8 Å². The molecule has 0 aromatic heterocycles. The molecule has 0 atom stereocenters. The Balaban J connectivity index is 1.27. The van der Waals surface area contributed by atoms with E-state index in [2.05, 4.69) is 0 Å². The minimum Gasteiger partial charge on any atom is -0.0622 e. The summed E-state index contributed by atoms with van der Waals surface area (Å²) in [6, 6.07) is 12.2. The van der Waals surface area contributed by atoms with Crippen molar-refractivity contribution in [3.8, 4) is 66.8 Å². The molecule has 0 heterocycles.